The van der Waals surface area contributed by atoms with Gasteiger partial charge in [-0.15, -0.1) is 0 Å². The van der Waals surface area contributed by atoms with Crippen molar-refractivity contribution in [3.63, 3.8) is 0 Å². The maximum Gasteiger partial charge on any atom is 0.309 e. The molecule has 0 spiro atoms. The van der Waals surface area contributed by atoms with Crippen LogP contribution in [0.5, 0.6) is 0 Å². The summed E-state index contributed by atoms with van der Waals surface area (Å²) in [6.07, 6.45) is 7.80. The van der Waals surface area contributed by atoms with E-state index in [2.05, 4.69) is 0 Å². The van der Waals surface area contributed by atoms with Crippen molar-refractivity contribution in [2.45, 2.75) is 44.6 Å². The highest BCUT2D eigenvalue weighted by Crippen LogP contribution is 2.49. The zero-order valence-electron chi connectivity index (χ0n) is 7.87. The van der Waals surface area contributed by atoms with Gasteiger partial charge in [0.15, 0.2) is 0 Å². The molecule has 0 amide bonds. The summed E-state index contributed by atoms with van der Waals surface area (Å²) in [5.41, 5.74) is 0. The maximum absolute atomic E-state index is 11.5. The maximum atomic E-state index is 11.5. The van der Waals surface area contributed by atoms with Crippen LogP contribution < -0.4 is 0 Å². The summed E-state index contributed by atoms with van der Waals surface area (Å²) in [7, 11) is 0. The van der Waals surface area contributed by atoms with Crippen LogP contribution in [0, 0.1) is 17.8 Å². The molecule has 0 N–H and O–H groups in total. The first-order chi connectivity index (χ1) is 6.36. The number of carbonyl (C=O) groups excluding carboxylic acids is 1. The molecular weight excluding hydrogens is 164 g/mol. The van der Waals surface area contributed by atoms with Gasteiger partial charge >= 0.3 is 5.97 Å². The second kappa shape index (κ2) is 2.73. The number of esters is 1. The highest BCUT2D eigenvalue weighted by atomic mass is 16.5. The minimum atomic E-state index is 0.111. The lowest BCUT2D eigenvalue weighted by Gasteiger charge is -2.49. The Morgan fingerprint density at radius 2 is 1.77 bits per heavy atom. The van der Waals surface area contributed by atoms with Gasteiger partial charge in [0.2, 0.25) is 0 Å². The SMILES string of the molecule is O=C1OC2CCC1C1CCCCC21. The summed E-state index contributed by atoms with van der Waals surface area (Å²) in [6.45, 7) is 0. The fourth-order valence-electron chi connectivity index (χ4n) is 3.60. The van der Waals surface area contributed by atoms with Crippen LogP contribution in [0.3, 0.4) is 0 Å². The first kappa shape index (κ1) is 7.84. The van der Waals surface area contributed by atoms with E-state index < -0.39 is 0 Å². The van der Waals surface area contributed by atoms with Crippen LogP contribution in [0.25, 0.3) is 0 Å². The molecular formula is C11H16O2. The predicted molar refractivity (Wildman–Crippen MR) is 48.1 cm³/mol. The molecule has 4 atom stereocenters. The smallest absolute Gasteiger partial charge is 0.309 e. The molecule has 2 aliphatic heterocycles. The van der Waals surface area contributed by atoms with E-state index in [1.807, 2.05) is 0 Å². The van der Waals surface area contributed by atoms with Crippen molar-refractivity contribution in [1.29, 1.82) is 0 Å². The summed E-state index contributed by atoms with van der Waals surface area (Å²) in [6, 6.07) is 0. The molecule has 4 rings (SSSR count). The van der Waals surface area contributed by atoms with E-state index in [1.54, 1.807) is 0 Å². The van der Waals surface area contributed by atoms with Gasteiger partial charge in [-0.1, -0.05) is 12.8 Å². The molecule has 2 heteroatoms. The predicted octanol–water partition coefficient (Wildman–Crippen LogP) is 2.13. The fourth-order valence-corrected chi connectivity index (χ4v) is 3.60. The van der Waals surface area contributed by atoms with Crippen molar-refractivity contribution in [3.05, 3.63) is 0 Å². The Kier molecular flexibility index (Phi) is 1.64. The minimum Gasteiger partial charge on any atom is -0.462 e. The molecule has 0 aromatic carbocycles. The van der Waals surface area contributed by atoms with E-state index in [0.29, 0.717) is 12.0 Å². The van der Waals surface area contributed by atoms with E-state index in [0.717, 1.165) is 18.8 Å². The van der Waals surface area contributed by atoms with Gasteiger partial charge in [-0.3, -0.25) is 4.79 Å². The third kappa shape index (κ3) is 1.04. The Labute approximate surface area is 78.6 Å². The molecule has 2 saturated heterocycles. The van der Waals surface area contributed by atoms with E-state index in [-0.39, 0.29) is 11.9 Å². The zero-order valence-corrected chi connectivity index (χ0v) is 7.87. The molecule has 2 nitrogen and oxygen atoms in total. The van der Waals surface area contributed by atoms with Crippen molar-refractivity contribution in [2.75, 3.05) is 0 Å². The van der Waals surface area contributed by atoms with Crippen LogP contribution in [0.15, 0.2) is 0 Å². The van der Waals surface area contributed by atoms with Crippen LogP contribution >= 0.6 is 0 Å². The Morgan fingerprint density at radius 1 is 1.00 bits per heavy atom. The van der Waals surface area contributed by atoms with Crippen LogP contribution in [-0.4, -0.2) is 12.1 Å². The van der Waals surface area contributed by atoms with E-state index in [4.69, 9.17) is 4.74 Å². The van der Waals surface area contributed by atoms with Crippen molar-refractivity contribution in [3.8, 4) is 0 Å². The largest absolute Gasteiger partial charge is 0.462 e. The first-order valence-corrected chi connectivity index (χ1v) is 5.57. The third-order valence-electron chi connectivity index (χ3n) is 4.20. The zero-order chi connectivity index (χ0) is 8.84. The lowest BCUT2D eigenvalue weighted by atomic mass is 9.62. The number of hydrogen-bond acceptors (Lipinski definition) is 2. The van der Waals surface area contributed by atoms with Crippen LogP contribution in [-0.2, 0) is 9.53 Å². The number of hydrogen-bond donors (Lipinski definition) is 0. The van der Waals surface area contributed by atoms with Gasteiger partial charge in [-0.2, -0.15) is 0 Å². The van der Waals surface area contributed by atoms with Crippen molar-refractivity contribution in [1.82, 2.24) is 0 Å². The van der Waals surface area contributed by atoms with Gasteiger partial charge in [0.1, 0.15) is 6.10 Å². The topological polar surface area (TPSA) is 26.3 Å². The van der Waals surface area contributed by atoms with Gasteiger partial charge in [-0.05, 0) is 37.5 Å². The van der Waals surface area contributed by atoms with Gasteiger partial charge in [0, 0.05) is 0 Å². The van der Waals surface area contributed by atoms with E-state index >= 15 is 0 Å². The molecule has 2 heterocycles. The highest BCUT2D eigenvalue weighted by Gasteiger charge is 2.50. The summed E-state index contributed by atoms with van der Waals surface area (Å²) in [5, 5.41) is 0. The highest BCUT2D eigenvalue weighted by molar-refractivity contribution is 5.74. The lowest BCUT2D eigenvalue weighted by Crippen LogP contribution is -2.51. The molecule has 13 heavy (non-hydrogen) atoms. The first-order valence-electron chi connectivity index (χ1n) is 5.57. The molecule has 0 aromatic heterocycles. The van der Waals surface area contributed by atoms with Gasteiger partial charge in [0.25, 0.3) is 0 Å². The molecule has 0 aromatic rings. The summed E-state index contributed by atoms with van der Waals surface area (Å²) >= 11 is 0. The van der Waals surface area contributed by atoms with Gasteiger partial charge < -0.3 is 4.74 Å². The van der Waals surface area contributed by atoms with E-state index in [9.17, 15) is 4.79 Å². The fraction of sp³-hybridized carbons (Fsp3) is 0.909. The Hall–Kier alpha value is -0.530. The average molecular weight is 180 g/mol. The lowest BCUT2D eigenvalue weighted by molar-refractivity contribution is -0.188. The second-order valence-corrected chi connectivity index (χ2v) is 4.77. The number of ether oxygens (including phenoxy) is 1. The summed E-state index contributed by atoms with van der Waals surface area (Å²) in [4.78, 5) is 11.5. The number of rotatable bonds is 0. The molecule has 2 aliphatic carbocycles. The van der Waals surface area contributed by atoms with Crippen LogP contribution in [0.1, 0.15) is 38.5 Å². The molecule has 72 valence electrons. The third-order valence-corrected chi connectivity index (χ3v) is 4.20. The molecule has 0 radical (unpaired) electrons. The molecule has 2 bridgehead atoms. The van der Waals surface area contributed by atoms with Crippen molar-refractivity contribution >= 4 is 5.97 Å². The second-order valence-electron chi connectivity index (χ2n) is 4.77. The average Bonchev–Trinajstić information content (AvgIpc) is 2.19. The molecule has 4 fully saturated rings. The number of fused-ring (bicyclic) bond motifs is 2. The number of carbonyl (C=O) groups is 1. The quantitative estimate of drug-likeness (QED) is 0.534. The minimum absolute atomic E-state index is 0.111. The standard InChI is InChI=1S/C11H16O2/c12-11-9-5-6-10(13-11)8-4-2-1-3-7(8)9/h7-10H,1-6H2. The monoisotopic (exact) mass is 180 g/mol. The molecule has 4 aliphatic rings. The molecule has 2 saturated carbocycles. The summed E-state index contributed by atoms with van der Waals surface area (Å²) < 4.78 is 5.42. The molecule has 4 unspecified atom stereocenters. The Bertz CT molecular complexity index is 236. The van der Waals surface area contributed by atoms with Crippen molar-refractivity contribution in [2.24, 2.45) is 17.8 Å². The summed E-state index contributed by atoms with van der Waals surface area (Å²) in [5.74, 6) is 1.80. The van der Waals surface area contributed by atoms with E-state index in [1.165, 1.54) is 25.7 Å². The van der Waals surface area contributed by atoms with Gasteiger partial charge in [0.05, 0.1) is 5.92 Å². The van der Waals surface area contributed by atoms with Crippen LogP contribution in [0.4, 0.5) is 0 Å². The van der Waals surface area contributed by atoms with Gasteiger partial charge in [-0.25, -0.2) is 0 Å². The Balaban J connectivity index is 1.89. The Morgan fingerprint density at radius 3 is 2.54 bits per heavy atom. The normalized spacial score (nSPS) is 48.5. The van der Waals surface area contributed by atoms with Crippen molar-refractivity contribution < 1.29 is 9.53 Å². The van der Waals surface area contributed by atoms with Crippen LogP contribution in [0.2, 0.25) is 0 Å².